The van der Waals surface area contributed by atoms with Crippen molar-refractivity contribution in [2.24, 2.45) is 0 Å². The number of hydrogen-bond acceptors (Lipinski definition) is 3. The number of carbonyl (C=O) groups excluding carboxylic acids is 1. The highest BCUT2D eigenvalue weighted by molar-refractivity contribution is 6.30. The molecule has 1 N–H and O–H groups in total. The largest absolute Gasteiger partial charge is 0.375 e. The summed E-state index contributed by atoms with van der Waals surface area (Å²) in [7, 11) is 0. The van der Waals surface area contributed by atoms with Crippen LogP contribution in [0.25, 0.3) is 0 Å². The molecule has 3 aromatic rings. The molecule has 2 heterocycles. The molecule has 150 valence electrons. The number of aryl methyl sites for hydroxylation is 1. The van der Waals surface area contributed by atoms with Gasteiger partial charge in [-0.05, 0) is 62.6 Å². The van der Waals surface area contributed by atoms with Crippen LogP contribution in [-0.4, -0.2) is 15.6 Å². The molecular weight excluding hydrogens is 384 g/mol. The van der Waals surface area contributed by atoms with Crippen molar-refractivity contribution in [1.29, 1.82) is 0 Å². The van der Waals surface area contributed by atoms with Gasteiger partial charge >= 0.3 is 0 Å². The number of benzene rings is 2. The van der Waals surface area contributed by atoms with Crippen LogP contribution in [0.15, 0.2) is 48.5 Å². The standard InChI is InChI=1S/C23H26ClN4O/c1-17-6-12-20(13-7-17)25-15-22-26-28(23-5-3-2-4-14-27(22)23)16-21(29)18-8-10-19(24)11-9-18/h6-13,25H,2-5,14-16H2,1H3/q+1. The third-order valence-electron chi connectivity index (χ3n) is 5.40. The lowest BCUT2D eigenvalue weighted by atomic mass is 10.1. The summed E-state index contributed by atoms with van der Waals surface area (Å²) in [4.78, 5) is 12.8. The number of ketones is 1. The summed E-state index contributed by atoms with van der Waals surface area (Å²) in [6.07, 6.45) is 4.43. The lowest BCUT2D eigenvalue weighted by Crippen LogP contribution is -2.41. The zero-order valence-electron chi connectivity index (χ0n) is 16.7. The zero-order valence-corrected chi connectivity index (χ0v) is 17.5. The zero-order chi connectivity index (χ0) is 20.2. The summed E-state index contributed by atoms with van der Waals surface area (Å²) in [6.45, 7) is 3.92. The maximum Gasteiger partial charge on any atom is 0.296 e. The monoisotopic (exact) mass is 409 g/mol. The molecule has 0 amide bonds. The van der Waals surface area contributed by atoms with Gasteiger partial charge in [-0.1, -0.05) is 29.3 Å². The molecule has 4 rings (SSSR count). The second kappa shape index (κ2) is 8.78. The number of fused-ring (bicyclic) bond motifs is 1. The lowest BCUT2D eigenvalue weighted by Gasteiger charge is -2.05. The fourth-order valence-electron chi connectivity index (χ4n) is 3.76. The molecule has 1 aromatic heterocycles. The number of halogens is 1. The van der Waals surface area contributed by atoms with Crippen LogP contribution in [0.2, 0.25) is 5.02 Å². The number of aromatic nitrogens is 3. The Kier molecular flexibility index (Phi) is 5.95. The van der Waals surface area contributed by atoms with E-state index in [1.54, 1.807) is 24.3 Å². The number of rotatable bonds is 6. The molecule has 0 spiro atoms. The molecule has 0 saturated carbocycles. The van der Waals surface area contributed by atoms with Crippen LogP contribution in [0.3, 0.4) is 0 Å². The van der Waals surface area contributed by atoms with E-state index in [0.29, 0.717) is 17.1 Å². The first kappa shape index (κ1) is 19.6. The lowest BCUT2D eigenvalue weighted by molar-refractivity contribution is -0.710. The fourth-order valence-corrected chi connectivity index (χ4v) is 3.89. The van der Waals surface area contributed by atoms with Gasteiger partial charge in [0, 0.05) is 27.8 Å². The Bertz CT molecular complexity index is 993. The highest BCUT2D eigenvalue weighted by atomic mass is 35.5. The minimum atomic E-state index is 0.0508. The van der Waals surface area contributed by atoms with Crippen LogP contribution in [0.5, 0.6) is 0 Å². The predicted octanol–water partition coefficient (Wildman–Crippen LogP) is 4.35. The van der Waals surface area contributed by atoms with Crippen molar-refractivity contribution >= 4 is 23.1 Å². The summed E-state index contributed by atoms with van der Waals surface area (Å²) >= 11 is 5.95. The SMILES string of the molecule is Cc1ccc(NCc2nn(CC(=O)c3ccc(Cl)cc3)c3[n+]2CCCCC3)cc1. The molecular formula is C23H26ClN4O+. The highest BCUT2D eigenvalue weighted by Crippen LogP contribution is 2.15. The summed E-state index contributed by atoms with van der Waals surface area (Å²) in [5, 5.41) is 8.92. The highest BCUT2D eigenvalue weighted by Gasteiger charge is 2.28. The molecule has 5 nitrogen and oxygen atoms in total. The normalized spacial score (nSPS) is 13.6. The number of carbonyl (C=O) groups is 1. The molecule has 0 atom stereocenters. The third-order valence-corrected chi connectivity index (χ3v) is 5.65. The van der Waals surface area contributed by atoms with Crippen molar-refractivity contribution in [3.63, 3.8) is 0 Å². The fraction of sp³-hybridized carbons (Fsp3) is 0.348. The minimum absolute atomic E-state index is 0.0508. The van der Waals surface area contributed by atoms with Crippen LogP contribution in [0.1, 0.15) is 46.8 Å². The van der Waals surface area contributed by atoms with Gasteiger partial charge in [0.25, 0.3) is 5.82 Å². The second-order valence-electron chi connectivity index (χ2n) is 7.60. The average molecular weight is 410 g/mol. The Labute approximate surface area is 176 Å². The van der Waals surface area contributed by atoms with E-state index in [1.165, 1.54) is 12.0 Å². The van der Waals surface area contributed by atoms with Gasteiger partial charge in [0.15, 0.2) is 12.3 Å². The van der Waals surface area contributed by atoms with E-state index in [-0.39, 0.29) is 12.3 Å². The molecule has 1 aliphatic rings. The van der Waals surface area contributed by atoms with Gasteiger partial charge in [0.1, 0.15) is 6.54 Å². The molecule has 0 radical (unpaired) electrons. The molecule has 0 saturated heterocycles. The van der Waals surface area contributed by atoms with Crippen molar-refractivity contribution in [2.45, 2.75) is 52.2 Å². The Balaban J connectivity index is 1.56. The van der Waals surface area contributed by atoms with E-state index in [1.807, 2.05) is 4.68 Å². The van der Waals surface area contributed by atoms with Crippen molar-refractivity contribution < 1.29 is 9.36 Å². The number of anilines is 1. The first-order chi connectivity index (χ1) is 14.1. The first-order valence-electron chi connectivity index (χ1n) is 10.2. The number of Topliss-reactive ketones (excluding diaryl/α,β-unsaturated/α-hetero) is 1. The first-order valence-corrected chi connectivity index (χ1v) is 10.6. The van der Waals surface area contributed by atoms with E-state index < -0.39 is 0 Å². The van der Waals surface area contributed by atoms with Crippen molar-refractivity contribution in [3.8, 4) is 0 Å². The number of nitrogens with one attached hydrogen (secondary N) is 1. The van der Waals surface area contributed by atoms with Crippen molar-refractivity contribution in [2.75, 3.05) is 5.32 Å². The molecule has 1 aliphatic heterocycles. The predicted molar refractivity (Wildman–Crippen MR) is 114 cm³/mol. The maximum atomic E-state index is 12.8. The van der Waals surface area contributed by atoms with Crippen LogP contribution in [0.4, 0.5) is 5.69 Å². The second-order valence-corrected chi connectivity index (χ2v) is 8.04. The van der Waals surface area contributed by atoms with Gasteiger partial charge in [0.05, 0.1) is 6.54 Å². The van der Waals surface area contributed by atoms with Crippen LogP contribution < -0.4 is 9.88 Å². The molecule has 29 heavy (non-hydrogen) atoms. The summed E-state index contributed by atoms with van der Waals surface area (Å²) < 4.78 is 4.19. The summed E-state index contributed by atoms with van der Waals surface area (Å²) in [5.74, 6) is 2.17. The topological polar surface area (TPSA) is 50.8 Å². The number of nitrogens with zero attached hydrogens (tertiary/aromatic N) is 3. The van der Waals surface area contributed by atoms with Crippen LogP contribution in [-0.2, 0) is 26.1 Å². The Hall–Kier alpha value is -2.66. The van der Waals surface area contributed by atoms with E-state index >= 15 is 0 Å². The van der Waals surface area contributed by atoms with Gasteiger partial charge < -0.3 is 5.32 Å². The molecule has 6 heteroatoms. The third kappa shape index (κ3) is 4.67. The van der Waals surface area contributed by atoms with Crippen molar-refractivity contribution in [1.82, 2.24) is 9.78 Å². The molecule has 0 unspecified atom stereocenters. The van der Waals surface area contributed by atoms with E-state index in [4.69, 9.17) is 16.7 Å². The molecule has 2 aromatic carbocycles. The van der Waals surface area contributed by atoms with E-state index in [9.17, 15) is 4.79 Å². The van der Waals surface area contributed by atoms with Crippen LogP contribution >= 0.6 is 11.6 Å². The molecule has 0 aliphatic carbocycles. The summed E-state index contributed by atoms with van der Waals surface area (Å²) in [6, 6.07) is 15.4. The van der Waals surface area contributed by atoms with Gasteiger partial charge in [-0.15, -0.1) is 4.68 Å². The van der Waals surface area contributed by atoms with Gasteiger partial charge in [0.2, 0.25) is 5.82 Å². The van der Waals surface area contributed by atoms with Gasteiger partial charge in [-0.3, -0.25) is 4.79 Å². The summed E-state index contributed by atoms with van der Waals surface area (Å²) in [5.41, 5.74) is 2.98. The van der Waals surface area contributed by atoms with E-state index in [0.717, 1.165) is 43.1 Å². The van der Waals surface area contributed by atoms with Gasteiger partial charge in [-0.2, -0.15) is 0 Å². The van der Waals surface area contributed by atoms with Crippen LogP contribution in [0, 0.1) is 6.92 Å². The smallest absolute Gasteiger partial charge is 0.296 e. The maximum absolute atomic E-state index is 12.8. The Morgan fingerprint density at radius 2 is 1.86 bits per heavy atom. The van der Waals surface area contributed by atoms with E-state index in [2.05, 4.69) is 41.1 Å². The minimum Gasteiger partial charge on any atom is -0.375 e. The Morgan fingerprint density at radius 3 is 2.62 bits per heavy atom. The quantitative estimate of drug-likeness (QED) is 0.486. The number of hydrogen-bond donors (Lipinski definition) is 1. The van der Waals surface area contributed by atoms with Gasteiger partial charge in [-0.25, -0.2) is 4.57 Å². The average Bonchev–Trinajstić information content (AvgIpc) is 2.89. The Morgan fingerprint density at radius 1 is 1.10 bits per heavy atom. The molecule has 0 fully saturated rings. The van der Waals surface area contributed by atoms with Crippen molar-refractivity contribution in [3.05, 3.63) is 76.3 Å². The molecule has 0 bridgehead atoms.